The first-order valence-electron chi connectivity index (χ1n) is 5.10. The summed E-state index contributed by atoms with van der Waals surface area (Å²) in [5.74, 6) is -0.400. The summed E-state index contributed by atoms with van der Waals surface area (Å²) in [5, 5.41) is 5.00. The van der Waals surface area contributed by atoms with Crippen LogP contribution in [-0.2, 0) is 9.36 Å². The van der Waals surface area contributed by atoms with E-state index in [1.165, 1.54) is 0 Å². The predicted molar refractivity (Wildman–Crippen MR) is 60.8 cm³/mol. The predicted octanol–water partition coefficient (Wildman–Crippen LogP) is -1.05. The summed E-state index contributed by atoms with van der Waals surface area (Å²) in [4.78, 5) is 28.7. The van der Waals surface area contributed by atoms with Crippen molar-refractivity contribution in [3.05, 3.63) is 0 Å². The van der Waals surface area contributed by atoms with Crippen molar-refractivity contribution >= 4 is 13.5 Å². The molecule has 0 spiro atoms. The Hall–Kier alpha value is -0.460. The molecule has 1 atom stereocenters. The number of hydrogen-bond acceptors (Lipinski definition) is 4. The monoisotopic (exact) mass is 253 g/mol. The number of nitrogens with two attached hydrogens (primary N) is 1. The molecule has 0 aliphatic rings. The lowest BCUT2D eigenvalue weighted by Gasteiger charge is -2.16. The number of rotatable bonds is 8. The normalized spacial score (nSPS) is 13.5. The zero-order chi connectivity index (χ0) is 12.6. The minimum atomic E-state index is -4.18. The van der Waals surface area contributed by atoms with E-state index < -0.39 is 25.8 Å². The van der Waals surface area contributed by atoms with Crippen molar-refractivity contribution in [3.8, 4) is 0 Å². The molecule has 0 radical (unpaired) electrons. The fourth-order valence-corrected chi connectivity index (χ4v) is 1.57. The molecule has 0 aromatic heterocycles. The standard InChI is InChI=1S/C8H20N3O4P/c1-10-7(4-2-3-5-9)8(12)11-6-16(13,14)15/h7,10H,2-6,9H2,1H3,(H,11,12)(H2,13,14,15)/t7-/m0/s1. The molecule has 0 rings (SSSR count). The van der Waals surface area contributed by atoms with Gasteiger partial charge in [-0.1, -0.05) is 6.42 Å². The van der Waals surface area contributed by atoms with Gasteiger partial charge in [-0.15, -0.1) is 0 Å². The van der Waals surface area contributed by atoms with E-state index in [-0.39, 0.29) is 0 Å². The molecule has 7 nitrogen and oxygen atoms in total. The van der Waals surface area contributed by atoms with E-state index in [1.54, 1.807) is 7.05 Å². The zero-order valence-electron chi connectivity index (χ0n) is 9.35. The minimum absolute atomic E-state index is 0.400. The average Bonchev–Trinajstić information content (AvgIpc) is 2.20. The third kappa shape index (κ3) is 7.78. The fraction of sp³-hybridized carbons (Fsp3) is 0.875. The third-order valence-electron chi connectivity index (χ3n) is 2.07. The van der Waals surface area contributed by atoms with Crippen LogP contribution in [0, 0.1) is 0 Å². The van der Waals surface area contributed by atoms with E-state index in [0.717, 1.165) is 12.8 Å². The van der Waals surface area contributed by atoms with E-state index >= 15 is 0 Å². The number of likely N-dealkylation sites (N-methyl/N-ethyl adjacent to an activating group) is 1. The third-order valence-corrected chi connectivity index (χ3v) is 2.64. The highest BCUT2D eigenvalue weighted by Gasteiger charge is 2.19. The van der Waals surface area contributed by atoms with Gasteiger partial charge in [-0.3, -0.25) is 9.36 Å². The number of amides is 1. The molecule has 0 unspecified atom stereocenters. The molecule has 0 aliphatic heterocycles. The molecule has 0 aromatic carbocycles. The Labute approximate surface area is 94.9 Å². The number of hydrogen-bond donors (Lipinski definition) is 5. The van der Waals surface area contributed by atoms with Crippen LogP contribution in [0.15, 0.2) is 0 Å². The molecular formula is C8H20N3O4P. The Bertz CT molecular complexity index is 256. The van der Waals surface area contributed by atoms with E-state index in [4.69, 9.17) is 15.5 Å². The molecule has 0 aromatic rings. The van der Waals surface area contributed by atoms with E-state index in [1.807, 2.05) is 0 Å². The second-order valence-corrected chi connectivity index (χ2v) is 5.14. The van der Waals surface area contributed by atoms with Crippen LogP contribution < -0.4 is 16.4 Å². The van der Waals surface area contributed by atoms with Crippen molar-refractivity contribution in [2.45, 2.75) is 25.3 Å². The number of carbonyl (C=O) groups is 1. The van der Waals surface area contributed by atoms with Gasteiger partial charge < -0.3 is 26.2 Å². The smallest absolute Gasteiger partial charge is 0.343 e. The molecule has 0 heterocycles. The summed E-state index contributed by atoms with van der Waals surface area (Å²) in [5.41, 5.74) is 5.32. The molecule has 0 bridgehead atoms. The van der Waals surface area contributed by atoms with Gasteiger partial charge in [0.15, 0.2) is 0 Å². The highest BCUT2D eigenvalue weighted by molar-refractivity contribution is 7.51. The van der Waals surface area contributed by atoms with Crippen molar-refractivity contribution in [2.24, 2.45) is 5.73 Å². The Balaban J connectivity index is 3.96. The van der Waals surface area contributed by atoms with Crippen LogP contribution >= 0.6 is 7.60 Å². The summed E-state index contributed by atoms with van der Waals surface area (Å²) < 4.78 is 10.5. The van der Waals surface area contributed by atoms with Crippen LogP contribution in [0.3, 0.4) is 0 Å². The van der Waals surface area contributed by atoms with Crippen molar-refractivity contribution < 1.29 is 19.1 Å². The van der Waals surface area contributed by atoms with Gasteiger partial charge >= 0.3 is 7.60 Å². The Morgan fingerprint density at radius 3 is 2.50 bits per heavy atom. The van der Waals surface area contributed by atoms with Gasteiger partial charge in [0.1, 0.15) is 6.29 Å². The highest BCUT2D eigenvalue weighted by atomic mass is 31.2. The number of nitrogens with one attached hydrogen (secondary N) is 2. The Morgan fingerprint density at radius 2 is 2.06 bits per heavy atom. The molecule has 0 saturated heterocycles. The van der Waals surface area contributed by atoms with Crippen molar-refractivity contribution in [1.82, 2.24) is 10.6 Å². The lowest BCUT2D eigenvalue weighted by molar-refractivity contribution is -0.122. The molecule has 0 fully saturated rings. The minimum Gasteiger partial charge on any atom is -0.343 e. The molecule has 0 saturated carbocycles. The highest BCUT2D eigenvalue weighted by Crippen LogP contribution is 2.31. The van der Waals surface area contributed by atoms with Gasteiger partial charge in [-0.2, -0.15) is 0 Å². The van der Waals surface area contributed by atoms with Gasteiger partial charge in [0.05, 0.1) is 6.04 Å². The van der Waals surface area contributed by atoms with Gasteiger partial charge in [0.2, 0.25) is 5.91 Å². The summed E-state index contributed by atoms with van der Waals surface area (Å²) >= 11 is 0. The lowest BCUT2D eigenvalue weighted by atomic mass is 10.1. The zero-order valence-corrected chi connectivity index (χ0v) is 10.2. The Morgan fingerprint density at radius 1 is 1.44 bits per heavy atom. The van der Waals surface area contributed by atoms with Crippen molar-refractivity contribution in [3.63, 3.8) is 0 Å². The molecule has 0 aliphatic carbocycles. The molecular weight excluding hydrogens is 233 g/mol. The summed E-state index contributed by atoms with van der Waals surface area (Å²) in [7, 11) is -2.55. The molecule has 96 valence electrons. The first-order chi connectivity index (χ1) is 7.40. The van der Waals surface area contributed by atoms with Crippen molar-refractivity contribution in [1.29, 1.82) is 0 Å². The number of carbonyl (C=O) groups excluding carboxylic acids is 1. The van der Waals surface area contributed by atoms with Gasteiger partial charge in [0.25, 0.3) is 0 Å². The van der Waals surface area contributed by atoms with E-state index in [9.17, 15) is 9.36 Å². The summed E-state index contributed by atoms with van der Waals surface area (Å²) in [6.45, 7) is 0.570. The molecule has 6 N–H and O–H groups in total. The van der Waals surface area contributed by atoms with Gasteiger partial charge in [0, 0.05) is 0 Å². The van der Waals surface area contributed by atoms with Crippen LogP contribution in [0.2, 0.25) is 0 Å². The van der Waals surface area contributed by atoms with Crippen LogP contribution in [0.25, 0.3) is 0 Å². The quantitative estimate of drug-likeness (QED) is 0.278. The van der Waals surface area contributed by atoms with Crippen LogP contribution in [0.4, 0.5) is 0 Å². The van der Waals surface area contributed by atoms with Gasteiger partial charge in [-0.25, -0.2) is 0 Å². The summed E-state index contributed by atoms with van der Waals surface area (Å²) in [6, 6.07) is -0.432. The maximum absolute atomic E-state index is 11.5. The topological polar surface area (TPSA) is 125 Å². The average molecular weight is 253 g/mol. The number of unbranched alkanes of at least 4 members (excludes halogenated alkanes) is 1. The van der Waals surface area contributed by atoms with E-state index in [0.29, 0.717) is 13.0 Å². The van der Waals surface area contributed by atoms with E-state index in [2.05, 4.69) is 10.6 Å². The van der Waals surface area contributed by atoms with Gasteiger partial charge in [-0.05, 0) is 26.4 Å². The lowest BCUT2D eigenvalue weighted by Crippen LogP contribution is -2.42. The SMILES string of the molecule is CN[C@@H](CCCCN)C(=O)NCP(=O)(O)O. The second-order valence-electron chi connectivity index (χ2n) is 3.49. The second kappa shape index (κ2) is 7.76. The summed E-state index contributed by atoms with van der Waals surface area (Å²) in [6.07, 6.45) is 1.59. The first kappa shape index (κ1) is 15.5. The van der Waals surface area contributed by atoms with Crippen molar-refractivity contribution in [2.75, 3.05) is 19.9 Å². The Kier molecular flexibility index (Phi) is 7.53. The molecule has 1 amide bonds. The largest absolute Gasteiger partial charge is 0.344 e. The van der Waals surface area contributed by atoms with Crippen LogP contribution in [-0.4, -0.2) is 41.6 Å². The van der Waals surface area contributed by atoms with Crippen LogP contribution in [0.1, 0.15) is 19.3 Å². The fourth-order valence-electron chi connectivity index (χ4n) is 1.20. The maximum atomic E-state index is 11.5. The molecule has 16 heavy (non-hydrogen) atoms. The first-order valence-corrected chi connectivity index (χ1v) is 6.90. The molecule has 8 heteroatoms. The van der Waals surface area contributed by atoms with Crippen LogP contribution in [0.5, 0.6) is 0 Å². The maximum Gasteiger partial charge on any atom is 0.344 e.